The van der Waals surface area contributed by atoms with E-state index in [9.17, 15) is 4.39 Å². The topological polar surface area (TPSA) is 53.6 Å². The van der Waals surface area contributed by atoms with E-state index in [1.807, 2.05) is 12.1 Å². The zero-order valence-corrected chi connectivity index (χ0v) is 16.7. The molecule has 0 bridgehead atoms. The summed E-state index contributed by atoms with van der Waals surface area (Å²) < 4.78 is 24.5. The van der Waals surface area contributed by atoms with E-state index >= 15 is 0 Å². The van der Waals surface area contributed by atoms with Gasteiger partial charge in [0.1, 0.15) is 5.82 Å². The number of ether oxygens (including phenoxy) is 2. The minimum Gasteiger partial charge on any atom is -0.493 e. The molecule has 1 radical (unpaired) electrons. The van der Waals surface area contributed by atoms with Gasteiger partial charge in [-0.3, -0.25) is 10.00 Å². The number of nitrogens with one attached hydrogen (secondary N) is 1. The zero-order valence-electron chi connectivity index (χ0n) is 16.7. The number of hydrogen-bond acceptors (Lipinski definition) is 5. The van der Waals surface area contributed by atoms with Crippen molar-refractivity contribution in [1.29, 1.82) is 0 Å². The van der Waals surface area contributed by atoms with E-state index in [-0.39, 0.29) is 5.82 Å². The number of fused-ring (bicyclic) bond motifs is 1. The third kappa shape index (κ3) is 4.62. The monoisotopic (exact) mass is 397 g/mol. The van der Waals surface area contributed by atoms with Crippen molar-refractivity contribution in [2.75, 3.05) is 51.3 Å². The van der Waals surface area contributed by atoms with E-state index in [1.54, 1.807) is 19.2 Å². The Hall–Kier alpha value is -2.80. The van der Waals surface area contributed by atoms with E-state index < -0.39 is 0 Å². The van der Waals surface area contributed by atoms with Gasteiger partial charge in [-0.2, -0.15) is 5.10 Å². The van der Waals surface area contributed by atoms with Crippen LogP contribution in [-0.2, 0) is 0 Å². The highest BCUT2D eigenvalue weighted by Crippen LogP contribution is 2.26. The summed E-state index contributed by atoms with van der Waals surface area (Å²) in [4.78, 5) is 4.75. The Morgan fingerprint density at radius 3 is 2.83 bits per heavy atom. The molecule has 0 saturated carbocycles. The lowest BCUT2D eigenvalue weighted by Crippen LogP contribution is -2.46. The molecule has 0 spiro atoms. The number of benzene rings is 2. The minimum atomic E-state index is -0.245. The van der Waals surface area contributed by atoms with Crippen LogP contribution in [0, 0.1) is 11.9 Å². The van der Waals surface area contributed by atoms with Gasteiger partial charge < -0.3 is 14.4 Å². The van der Waals surface area contributed by atoms with Crippen molar-refractivity contribution in [2.24, 2.45) is 0 Å². The van der Waals surface area contributed by atoms with Crippen LogP contribution in [-0.4, -0.2) is 61.5 Å². The zero-order chi connectivity index (χ0) is 20.1. The van der Waals surface area contributed by atoms with Crippen molar-refractivity contribution in [1.82, 2.24) is 15.1 Å². The first-order valence-corrected chi connectivity index (χ1v) is 10.0. The van der Waals surface area contributed by atoms with Crippen molar-refractivity contribution >= 4 is 16.7 Å². The summed E-state index contributed by atoms with van der Waals surface area (Å²) in [6.07, 6.45) is 2.09. The molecule has 7 heteroatoms. The molecule has 0 atom stereocenters. The Morgan fingerprint density at radius 2 is 2.00 bits per heavy atom. The second kappa shape index (κ2) is 9.13. The summed E-state index contributed by atoms with van der Waals surface area (Å²) in [6.45, 7) is 5.58. The summed E-state index contributed by atoms with van der Waals surface area (Å²) in [5.74, 6) is 2.16. The van der Waals surface area contributed by atoms with Gasteiger partial charge in [-0.25, -0.2) is 4.39 Å². The second-order valence-electron chi connectivity index (χ2n) is 7.20. The molecule has 2 heterocycles. The number of anilines is 1. The van der Waals surface area contributed by atoms with Crippen LogP contribution in [0.2, 0.25) is 0 Å². The van der Waals surface area contributed by atoms with Crippen molar-refractivity contribution < 1.29 is 13.9 Å². The minimum absolute atomic E-state index is 0.245. The smallest absolute Gasteiger partial charge is 0.161 e. The number of hydrogen-bond donors (Lipinski definition) is 1. The fourth-order valence-electron chi connectivity index (χ4n) is 3.70. The molecule has 6 nitrogen and oxygen atoms in total. The maximum atomic E-state index is 13.4. The normalized spacial score (nSPS) is 15.0. The number of nitrogens with zero attached hydrogens (tertiary/aromatic N) is 3. The third-order valence-electron chi connectivity index (χ3n) is 5.31. The maximum absolute atomic E-state index is 13.4. The molecule has 4 rings (SSSR count). The molecule has 0 unspecified atom stereocenters. The molecule has 3 aromatic rings. The van der Waals surface area contributed by atoms with Gasteiger partial charge in [-0.15, -0.1) is 0 Å². The standard InChI is InChI=1S/C22H26FN4O2/c1-28-20-6-2-3-7-21(20)29-15-5-4-10-26-11-13-27(14-12-26)22-18-9-8-17(23)16-19(18)24-25-22/h3,6-9,16H,4-5,10-15H2,1H3,(H,24,25). The highest BCUT2D eigenvalue weighted by atomic mass is 19.1. The highest BCUT2D eigenvalue weighted by Gasteiger charge is 2.20. The van der Waals surface area contributed by atoms with Crippen LogP contribution in [0.1, 0.15) is 12.8 Å². The van der Waals surface area contributed by atoms with Crippen molar-refractivity contribution in [2.45, 2.75) is 12.8 Å². The lowest BCUT2D eigenvalue weighted by molar-refractivity contribution is 0.235. The Morgan fingerprint density at radius 1 is 1.14 bits per heavy atom. The van der Waals surface area contributed by atoms with Crippen molar-refractivity contribution in [3.8, 4) is 11.5 Å². The van der Waals surface area contributed by atoms with E-state index in [4.69, 9.17) is 9.47 Å². The Kier molecular flexibility index (Phi) is 6.14. The van der Waals surface area contributed by atoms with Crippen LogP contribution in [0.5, 0.6) is 11.5 Å². The van der Waals surface area contributed by atoms with Crippen LogP contribution in [0.4, 0.5) is 10.2 Å². The van der Waals surface area contributed by atoms with Crippen LogP contribution in [0.25, 0.3) is 10.9 Å². The molecule has 29 heavy (non-hydrogen) atoms. The maximum Gasteiger partial charge on any atom is 0.161 e. The molecule has 1 aliphatic rings. The molecule has 0 amide bonds. The number of methoxy groups -OCH3 is 1. The van der Waals surface area contributed by atoms with Crippen LogP contribution >= 0.6 is 0 Å². The molecule has 1 aromatic heterocycles. The number of aromatic nitrogens is 2. The number of unbranched alkanes of at least 4 members (excludes halogenated alkanes) is 1. The van der Waals surface area contributed by atoms with Gasteiger partial charge in [0.05, 0.1) is 19.2 Å². The van der Waals surface area contributed by atoms with Gasteiger partial charge in [0.25, 0.3) is 0 Å². The molecular weight excluding hydrogens is 371 g/mol. The fraction of sp³-hybridized carbons (Fsp3) is 0.409. The SMILES string of the molecule is COc1c[c]ccc1OCCCCN1CCN(c2n[nH]c3cc(F)ccc23)CC1. The fourth-order valence-corrected chi connectivity index (χ4v) is 3.70. The van der Waals surface area contributed by atoms with Gasteiger partial charge in [0.15, 0.2) is 17.3 Å². The average Bonchev–Trinajstić information content (AvgIpc) is 3.17. The summed E-state index contributed by atoms with van der Waals surface area (Å²) in [5.41, 5.74) is 0.746. The molecule has 2 aromatic carbocycles. The Bertz CT molecular complexity index is 937. The first kappa shape index (κ1) is 19.5. The van der Waals surface area contributed by atoms with Gasteiger partial charge in [-0.1, -0.05) is 6.07 Å². The first-order valence-electron chi connectivity index (χ1n) is 10.0. The summed E-state index contributed by atoms with van der Waals surface area (Å²) in [7, 11) is 1.64. The largest absolute Gasteiger partial charge is 0.493 e. The number of rotatable bonds is 8. The molecular formula is C22H26FN4O2. The highest BCUT2D eigenvalue weighted by molar-refractivity contribution is 5.90. The quantitative estimate of drug-likeness (QED) is 0.590. The lowest BCUT2D eigenvalue weighted by atomic mass is 10.2. The molecule has 0 aliphatic carbocycles. The van der Waals surface area contributed by atoms with Gasteiger partial charge in [0, 0.05) is 31.6 Å². The second-order valence-corrected chi connectivity index (χ2v) is 7.20. The van der Waals surface area contributed by atoms with E-state index in [0.717, 1.165) is 73.8 Å². The van der Waals surface area contributed by atoms with Crippen molar-refractivity contribution in [3.63, 3.8) is 0 Å². The molecule has 1 fully saturated rings. The summed E-state index contributed by atoms with van der Waals surface area (Å²) >= 11 is 0. The Labute approximate surface area is 170 Å². The summed E-state index contributed by atoms with van der Waals surface area (Å²) in [5, 5.41) is 8.32. The van der Waals surface area contributed by atoms with Gasteiger partial charge in [-0.05, 0) is 55.8 Å². The number of H-pyrrole nitrogens is 1. The molecule has 153 valence electrons. The third-order valence-corrected chi connectivity index (χ3v) is 5.31. The number of halogens is 1. The average molecular weight is 397 g/mol. The van der Waals surface area contributed by atoms with Crippen LogP contribution in [0.15, 0.2) is 36.4 Å². The first-order chi connectivity index (χ1) is 14.2. The van der Waals surface area contributed by atoms with Crippen molar-refractivity contribution in [3.05, 3.63) is 48.3 Å². The predicted octanol–water partition coefficient (Wildman–Crippen LogP) is 3.49. The molecule has 1 saturated heterocycles. The molecule has 1 N–H and O–H groups in total. The van der Waals surface area contributed by atoms with E-state index in [1.165, 1.54) is 12.1 Å². The van der Waals surface area contributed by atoms with Gasteiger partial charge >= 0.3 is 0 Å². The summed E-state index contributed by atoms with van der Waals surface area (Å²) in [6, 6.07) is 13.3. The number of aromatic amines is 1. The Balaban J connectivity index is 1.19. The number of piperazine rings is 1. The molecule has 1 aliphatic heterocycles. The van der Waals surface area contributed by atoms with Crippen LogP contribution < -0.4 is 14.4 Å². The van der Waals surface area contributed by atoms with E-state index in [2.05, 4.69) is 26.1 Å². The lowest BCUT2D eigenvalue weighted by Gasteiger charge is -2.35. The van der Waals surface area contributed by atoms with Crippen LogP contribution in [0.3, 0.4) is 0 Å². The van der Waals surface area contributed by atoms with E-state index in [0.29, 0.717) is 6.61 Å². The van der Waals surface area contributed by atoms with Gasteiger partial charge in [0.2, 0.25) is 0 Å². The predicted molar refractivity (Wildman–Crippen MR) is 111 cm³/mol.